The second-order valence-electron chi connectivity index (χ2n) is 5.22. The highest BCUT2D eigenvalue weighted by atomic mass is 35.5. The van der Waals surface area contributed by atoms with Gasteiger partial charge in [0.05, 0.1) is 5.52 Å². The van der Waals surface area contributed by atoms with Gasteiger partial charge in [0.15, 0.2) is 0 Å². The lowest BCUT2D eigenvalue weighted by atomic mass is 10.1. The molecule has 0 fully saturated rings. The molecule has 3 rings (SSSR count). The van der Waals surface area contributed by atoms with Crippen LogP contribution in [0.3, 0.4) is 0 Å². The average Bonchev–Trinajstić information content (AvgIpc) is 2.55. The van der Waals surface area contributed by atoms with Crippen molar-refractivity contribution in [3.63, 3.8) is 0 Å². The molecule has 0 unspecified atom stereocenters. The maximum absolute atomic E-state index is 12.6. The van der Waals surface area contributed by atoms with E-state index in [2.05, 4.69) is 11.9 Å². The van der Waals surface area contributed by atoms with Crippen molar-refractivity contribution >= 4 is 33.9 Å². The van der Waals surface area contributed by atoms with Crippen LogP contribution in [0.15, 0.2) is 59.9 Å². The Morgan fingerprint density at radius 1 is 1.17 bits per heavy atom. The molecule has 0 bridgehead atoms. The van der Waals surface area contributed by atoms with E-state index in [0.29, 0.717) is 21.6 Å². The van der Waals surface area contributed by atoms with Crippen LogP contribution in [0, 0.1) is 0 Å². The van der Waals surface area contributed by atoms with Gasteiger partial charge in [-0.15, -0.1) is 0 Å². The molecule has 0 spiro atoms. The lowest BCUT2D eigenvalue weighted by Crippen LogP contribution is -2.22. The summed E-state index contributed by atoms with van der Waals surface area (Å²) in [6.07, 6.45) is 0. The molecule has 5 heteroatoms. The Balaban J connectivity index is 2.10. The first-order valence-corrected chi connectivity index (χ1v) is 7.39. The number of fused-ring (bicyclic) bond motifs is 1. The highest BCUT2D eigenvalue weighted by Gasteiger charge is 2.17. The molecule has 4 nitrogen and oxygen atoms in total. The quantitative estimate of drug-likeness (QED) is 0.765. The summed E-state index contributed by atoms with van der Waals surface area (Å²) in [7, 11) is 1.67. The number of aromatic nitrogens is 1. The van der Waals surface area contributed by atoms with Crippen LogP contribution >= 0.6 is 11.6 Å². The second-order valence-corrected chi connectivity index (χ2v) is 5.65. The molecule has 0 aliphatic rings. The molecule has 0 saturated heterocycles. The average molecular weight is 327 g/mol. The number of anilines is 1. The number of hydrogen-bond acceptors (Lipinski definition) is 3. The molecule has 2 N–H and O–H groups in total. The number of pyridine rings is 1. The van der Waals surface area contributed by atoms with Crippen molar-refractivity contribution in [2.24, 2.45) is 7.05 Å². The van der Waals surface area contributed by atoms with Gasteiger partial charge in [-0.3, -0.25) is 4.79 Å². The number of nitrogens with zero attached hydrogens (tertiary/aromatic N) is 1. The van der Waals surface area contributed by atoms with Crippen molar-refractivity contribution < 1.29 is 5.11 Å². The van der Waals surface area contributed by atoms with E-state index in [4.69, 9.17) is 11.6 Å². The first-order valence-electron chi connectivity index (χ1n) is 7.01. The summed E-state index contributed by atoms with van der Waals surface area (Å²) < 4.78 is 1.50. The van der Waals surface area contributed by atoms with E-state index >= 15 is 0 Å². The highest BCUT2D eigenvalue weighted by molar-refractivity contribution is 6.30. The third-order valence-electron chi connectivity index (χ3n) is 3.72. The van der Waals surface area contributed by atoms with Gasteiger partial charge in [-0.1, -0.05) is 30.3 Å². The summed E-state index contributed by atoms with van der Waals surface area (Å²) in [4.78, 5) is 12.6. The van der Waals surface area contributed by atoms with Crippen molar-refractivity contribution in [3.8, 4) is 5.75 Å². The van der Waals surface area contributed by atoms with Crippen molar-refractivity contribution in [1.82, 2.24) is 4.57 Å². The SMILES string of the molecule is C=C(Nc1ccc(Cl)cc1)c1c(O)c2ccccc2n(C)c1=O. The van der Waals surface area contributed by atoms with Gasteiger partial charge in [-0.2, -0.15) is 0 Å². The van der Waals surface area contributed by atoms with E-state index in [-0.39, 0.29) is 16.9 Å². The van der Waals surface area contributed by atoms with E-state index in [0.717, 1.165) is 5.69 Å². The molecule has 2 aromatic carbocycles. The summed E-state index contributed by atoms with van der Waals surface area (Å²) in [6.45, 7) is 3.89. The molecule has 3 aromatic rings. The minimum Gasteiger partial charge on any atom is -0.506 e. The predicted octanol–water partition coefficient (Wildman–Crippen LogP) is 3.98. The van der Waals surface area contributed by atoms with E-state index < -0.39 is 0 Å². The zero-order valence-electron chi connectivity index (χ0n) is 12.5. The molecule has 0 aliphatic carbocycles. The molecule has 0 saturated carbocycles. The maximum Gasteiger partial charge on any atom is 0.263 e. The number of nitrogens with one attached hydrogen (secondary N) is 1. The third kappa shape index (κ3) is 2.69. The smallest absolute Gasteiger partial charge is 0.263 e. The standard InChI is InChI=1S/C18H15ClN2O2/c1-11(20-13-9-7-12(19)8-10-13)16-17(22)14-5-3-4-6-15(14)21(2)18(16)23/h3-10,20,22H,1H2,2H3. The topological polar surface area (TPSA) is 54.3 Å². The van der Waals surface area contributed by atoms with Gasteiger partial charge in [0.25, 0.3) is 5.56 Å². The van der Waals surface area contributed by atoms with E-state index in [9.17, 15) is 9.90 Å². The molecule has 0 atom stereocenters. The van der Waals surface area contributed by atoms with Crippen LogP contribution in [0.5, 0.6) is 5.75 Å². The number of hydrogen-bond donors (Lipinski definition) is 2. The number of aryl methyl sites for hydroxylation is 1. The lowest BCUT2D eigenvalue weighted by Gasteiger charge is -2.15. The minimum absolute atomic E-state index is 0.0739. The second kappa shape index (κ2) is 5.82. The van der Waals surface area contributed by atoms with Gasteiger partial charge in [-0.25, -0.2) is 0 Å². The Hall–Kier alpha value is -2.72. The number of halogens is 1. The zero-order chi connectivity index (χ0) is 16.6. The molecule has 0 radical (unpaired) electrons. The molecular formula is C18H15ClN2O2. The molecule has 1 heterocycles. The lowest BCUT2D eigenvalue weighted by molar-refractivity contribution is 0.477. The van der Waals surface area contributed by atoms with Crippen LogP contribution in [0.2, 0.25) is 5.02 Å². The van der Waals surface area contributed by atoms with Crippen LogP contribution in [-0.2, 0) is 7.05 Å². The summed E-state index contributed by atoms with van der Waals surface area (Å²) in [5.74, 6) is -0.0739. The van der Waals surface area contributed by atoms with Crippen molar-refractivity contribution in [3.05, 3.63) is 76.0 Å². The molecule has 23 heavy (non-hydrogen) atoms. The summed E-state index contributed by atoms with van der Waals surface area (Å²) >= 11 is 5.86. The maximum atomic E-state index is 12.6. The Bertz CT molecular complexity index is 959. The van der Waals surface area contributed by atoms with Crippen LogP contribution in [0.1, 0.15) is 5.56 Å². The highest BCUT2D eigenvalue weighted by Crippen LogP contribution is 2.30. The fraction of sp³-hybridized carbons (Fsp3) is 0.0556. The van der Waals surface area contributed by atoms with Crippen molar-refractivity contribution in [2.45, 2.75) is 0 Å². The predicted molar refractivity (Wildman–Crippen MR) is 95.0 cm³/mol. The van der Waals surface area contributed by atoms with Crippen molar-refractivity contribution in [1.29, 1.82) is 0 Å². The number of rotatable bonds is 3. The fourth-order valence-electron chi connectivity index (χ4n) is 2.52. The molecule has 1 aromatic heterocycles. The Morgan fingerprint density at radius 2 is 1.83 bits per heavy atom. The number of benzene rings is 2. The first kappa shape index (κ1) is 15.2. The number of aromatic hydroxyl groups is 1. The molecule has 116 valence electrons. The fourth-order valence-corrected chi connectivity index (χ4v) is 2.65. The third-order valence-corrected chi connectivity index (χ3v) is 3.97. The van der Waals surface area contributed by atoms with Crippen LogP contribution in [-0.4, -0.2) is 9.67 Å². The molecule has 0 aliphatic heterocycles. The van der Waals surface area contributed by atoms with Crippen LogP contribution < -0.4 is 10.9 Å². The van der Waals surface area contributed by atoms with Crippen molar-refractivity contribution in [2.75, 3.05) is 5.32 Å². The van der Waals surface area contributed by atoms with Gasteiger partial charge in [0.1, 0.15) is 11.3 Å². The summed E-state index contributed by atoms with van der Waals surface area (Å²) in [6, 6.07) is 14.2. The van der Waals surface area contributed by atoms with Crippen LogP contribution in [0.25, 0.3) is 16.6 Å². The number of para-hydroxylation sites is 1. The summed E-state index contributed by atoms with van der Waals surface area (Å²) in [5.41, 5.74) is 1.57. The van der Waals surface area contributed by atoms with Gasteiger partial charge in [0.2, 0.25) is 0 Å². The Labute approximate surface area is 138 Å². The van der Waals surface area contributed by atoms with Gasteiger partial charge < -0.3 is 15.0 Å². The van der Waals surface area contributed by atoms with E-state index in [1.54, 1.807) is 43.4 Å². The van der Waals surface area contributed by atoms with E-state index in [1.165, 1.54) is 4.57 Å². The normalized spacial score (nSPS) is 10.7. The Morgan fingerprint density at radius 3 is 2.52 bits per heavy atom. The zero-order valence-corrected chi connectivity index (χ0v) is 13.3. The minimum atomic E-state index is -0.312. The van der Waals surface area contributed by atoms with Gasteiger partial charge in [-0.05, 0) is 36.4 Å². The monoisotopic (exact) mass is 326 g/mol. The largest absolute Gasteiger partial charge is 0.506 e. The molecular weight excluding hydrogens is 312 g/mol. The van der Waals surface area contributed by atoms with E-state index in [1.807, 2.05) is 12.1 Å². The van der Waals surface area contributed by atoms with Crippen LogP contribution in [0.4, 0.5) is 5.69 Å². The van der Waals surface area contributed by atoms with Gasteiger partial charge >= 0.3 is 0 Å². The summed E-state index contributed by atoms with van der Waals surface area (Å²) in [5, 5.41) is 14.8. The Kier molecular flexibility index (Phi) is 3.84. The van der Waals surface area contributed by atoms with Gasteiger partial charge in [0, 0.05) is 28.8 Å². The molecule has 0 amide bonds. The first-order chi connectivity index (χ1) is 11.0.